The predicted octanol–water partition coefficient (Wildman–Crippen LogP) is 3.11. The Bertz CT molecular complexity index is 504. The van der Waals surface area contributed by atoms with Crippen LogP contribution in [0, 0.1) is 10.1 Å². The van der Waals surface area contributed by atoms with E-state index < -0.39 is 16.6 Å². The van der Waals surface area contributed by atoms with E-state index in [1.165, 1.54) is 4.68 Å². The number of nitrogens with one attached hydrogen (secondary N) is 1. The van der Waals surface area contributed by atoms with Gasteiger partial charge in [-0.1, -0.05) is 6.92 Å². The van der Waals surface area contributed by atoms with E-state index in [-0.39, 0.29) is 17.5 Å². The largest absolute Gasteiger partial charge is 0.444 e. The van der Waals surface area contributed by atoms with Crippen LogP contribution in [0.5, 0.6) is 0 Å². The molecule has 1 atom stereocenters. The molecule has 0 saturated heterocycles. The van der Waals surface area contributed by atoms with Crippen LogP contribution in [-0.4, -0.2) is 26.4 Å². The number of ether oxygens (including phenoxy) is 1. The molecule has 112 valence electrons. The number of nitrogens with zero attached hydrogens (tertiary/aromatic N) is 3. The molecule has 1 amide bonds. The highest BCUT2D eigenvalue weighted by Gasteiger charge is 2.26. The van der Waals surface area contributed by atoms with Gasteiger partial charge in [0, 0.05) is 0 Å². The summed E-state index contributed by atoms with van der Waals surface area (Å²) in [6, 6.07) is -0.0753. The van der Waals surface area contributed by atoms with E-state index in [0.29, 0.717) is 0 Å². The van der Waals surface area contributed by atoms with Crippen LogP contribution in [0.25, 0.3) is 0 Å². The van der Waals surface area contributed by atoms with Gasteiger partial charge in [0.2, 0.25) is 5.82 Å². The zero-order valence-corrected chi connectivity index (χ0v) is 12.3. The minimum Gasteiger partial charge on any atom is -0.444 e. The molecule has 20 heavy (non-hydrogen) atoms. The third-order valence-corrected chi connectivity index (χ3v) is 2.60. The Morgan fingerprint density at radius 2 is 2.20 bits per heavy atom. The molecule has 8 heteroatoms. The van der Waals surface area contributed by atoms with E-state index in [4.69, 9.17) is 4.74 Å². The number of carbonyl (C=O) groups is 1. The third kappa shape index (κ3) is 3.94. The molecule has 1 aromatic heterocycles. The second-order valence-corrected chi connectivity index (χ2v) is 5.46. The lowest BCUT2D eigenvalue weighted by molar-refractivity contribution is -0.384. The summed E-state index contributed by atoms with van der Waals surface area (Å²) < 4.78 is 6.52. The van der Waals surface area contributed by atoms with Crippen LogP contribution in [0.15, 0.2) is 6.20 Å². The van der Waals surface area contributed by atoms with Gasteiger partial charge >= 0.3 is 11.8 Å². The van der Waals surface area contributed by atoms with Gasteiger partial charge < -0.3 is 4.74 Å². The van der Waals surface area contributed by atoms with Crippen molar-refractivity contribution in [3.05, 3.63) is 16.3 Å². The van der Waals surface area contributed by atoms with Crippen molar-refractivity contribution in [2.45, 2.75) is 52.7 Å². The molecule has 8 nitrogen and oxygen atoms in total. The fourth-order valence-electron chi connectivity index (χ4n) is 1.52. The molecule has 1 N–H and O–H groups in total. The average Bonchev–Trinajstić information content (AvgIpc) is 2.69. The first-order valence-corrected chi connectivity index (χ1v) is 6.37. The van der Waals surface area contributed by atoms with Crippen LogP contribution >= 0.6 is 0 Å². The lowest BCUT2D eigenvalue weighted by Gasteiger charge is -2.20. The summed E-state index contributed by atoms with van der Waals surface area (Å²) in [4.78, 5) is 22.2. The van der Waals surface area contributed by atoms with Crippen molar-refractivity contribution in [2.75, 3.05) is 5.32 Å². The highest BCUT2D eigenvalue weighted by atomic mass is 16.6. The third-order valence-electron chi connectivity index (χ3n) is 2.60. The van der Waals surface area contributed by atoms with E-state index in [9.17, 15) is 14.9 Å². The first-order valence-electron chi connectivity index (χ1n) is 6.37. The van der Waals surface area contributed by atoms with E-state index in [0.717, 1.165) is 12.6 Å². The van der Waals surface area contributed by atoms with E-state index >= 15 is 0 Å². The number of amides is 1. The number of nitro groups is 1. The molecule has 0 fully saturated rings. The molecular weight excluding hydrogens is 264 g/mol. The molecule has 0 aliphatic rings. The average molecular weight is 284 g/mol. The lowest BCUT2D eigenvalue weighted by atomic mass is 10.2. The molecular formula is C12H20N4O4. The van der Waals surface area contributed by atoms with E-state index in [1.54, 1.807) is 20.8 Å². The fraction of sp³-hybridized carbons (Fsp3) is 0.667. The Morgan fingerprint density at radius 3 is 2.65 bits per heavy atom. The molecule has 0 aromatic carbocycles. The highest BCUT2D eigenvalue weighted by molar-refractivity contribution is 5.86. The van der Waals surface area contributed by atoms with E-state index in [1.807, 2.05) is 13.8 Å². The maximum atomic E-state index is 11.8. The Kier molecular flexibility index (Phi) is 4.69. The van der Waals surface area contributed by atoms with Crippen LogP contribution in [0.4, 0.5) is 16.3 Å². The summed E-state index contributed by atoms with van der Waals surface area (Å²) in [7, 11) is 0. The monoisotopic (exact) mass is 284 g/mol. The van der Waals surface area contributed by atoms with Crippen molar-refractivity contribution >= 4 is 17.6 Å². The number of carbonyl (C=O) groups excluding carboxylic acids is 1. The molecule has 0 radical (unpaired) electrons. The molecule has 1 heterocycles. The van der Waals surface area contributed by atoms with Crippen molar-refractivity contribution < 1.29 is 14.5 Å². The van der Waals surface area contributed by atoms with Gasteiger partial charge in [-0.2, -0.15) is 5.10 Å². The van der Waals surface area contributed by atoms with Crippen LogP contribution in [0.3, 0.4) is 0 Å². The summed E-state index contributed by atoms with van der Waals surface area (Å²) in [5, 5.41) is 17.3. The molecule has 1 unspecified atom stereocenters. The zero-order chi connectivity index (χ0) is 15.5. The summed E-state index contributed by atoms with van der Waals surface area (Å²) in [5.41, 5.74) is -0.934. The molecule has 0 bridgehead atoms. The number of hydrogen-bond donors (Lipinski definition) is 1. The Labute approximate surface area is 117 Å². The number of aromatic nitrogens is 2. The van der Waals surface area contributed by atoms with Gasteiger partial charge in [0.15, 0.2) is 0 Å². The summed E-state index contributed by atoms with van der Waals surface area (Å²) in [6.07, 6.45) is 1.10. The zero-order valence-electron chi connectivity index (χ0n) is 12.3. The van der Waals surface area contributed by atoms with Gasteiger partial charge in [0.25, 0.3) is 0 Å². The predicted molar refractivity (Wildman–Crippen MR) is 73.7 cm³/mol. The van der Waals surface area contributed by atoms with Crippen molar-refractivity contribution in [1.82, 2.24) is 9.78 Å². The number of hydrogen-bond acceptors (Lipinski definition) is 5. The van der Waals surface area contributed by atoms with Crippen LogP contribution in [-0.2, 0) is 4.74 Å². The summed E-state index contributed by atoms with van der Waals surface area (Å²) in [6.45, 7) is 8.93. The van der Waals surface area contributed by atoms with Gasteiger partial charge in [-0.15, -0.1) is 0 Å². The summed E-state index contributed by atoms with van der Waals surface area (Å²) in [5.74, 6) is 0.0404. The number of anilines is 1. The first-order chi connectivity index (χ1) is 9.15. The van der Waals surface area contributed by atoms with Crippen LogP contribution in [0.2, 0.25) is 0 Å². The standard InChI is InChI=1S/C12H20N4O4/c1-6-8(2)15-10(9(7-13-15)16(18)19)14-11(17)20-12(3,4)5/h7-8H,6H2,1-5H3,(H,14,17). The topological polar surface area (TPSA) is 99.3 Å². The highest BCUT2D eigenvalue weighted by Crippen LogP contribution is 2.28. The second kappa shape index (κ2) is 5.89. The fourth-order valence-corrected chi connectivity index (χ4v) is 1.52. The Morgan fingerprint density at radius 1 is 1.60 bits per heavy atom. The second-order valence-electron chi connectivity index (χ2n) is 5.46. The number of rotatable bonds is 4. The van der Waals surface area contributed by atoms with Crippen LogP contribution in [0.1, 0.15) is 47.1 Å². The summed E-state index contributed by atoms with van der Waals surface area (Å²) >= 11 is 0. The van der Waals surface area contributed by atoms with Crippen molar-refractivity contribution in [2.24, 2.45) is 0 Å². The molecule has 0 saturated carbocycles. The van der Waals surface area contributed by atoms with Crippen molar-refractivity contribution in [3.8, 4) is 0 Å². The quantitative estimate of drug-likeness (QED) is 0.676. The minimum absolute atomic E-state index is 0.0404. The minimum atomic E-state index is -0.745. The maximum Gasteiger partial charge on any atom is 0.413 e. The first kappa shape index (κ1) is 15.9. The van der Waals surface area contributed by atoms with Crippen molar-refractivity contribution in [3.63, 3.8) is 0 Å². The SMILES string of the molecule is CCC(C)n1ncc([N+](=O)[O-])c1NC(=O)OC(C)(C)C. The van der Waals surface area contributed by atoms with Crippen LogP contribution < -0.4 is 5.32 Å². The van der Waals surface area contributed by atoms with E-state index in [2.05, 4.69) is 10.4 Å². The smallest absolute Gasteiger partial charge is 0.413 e. The lowest BCUT2D eigenvalue weighted by Crippen LogP contribution is -2.28. The molecule has 0 aliphatic carbocycles. The van der Waals surface area contributed by atoms with Gasteiger partial charge in [-0.25, -0.2) is 9.48 Å². The maximum absolute atomic E-state index is 11.8. The van der Waals surface area contributed by atoms with Gasteiger partial charge in [0.1, 0.15) is 11.8 Å². The van der Waals surface area contributed by atoms with Gasteiger partial charge in [0.05, 0.1) is 11.0 Å². The normalized spacial score (nSPS) is 12.8. The molecule has 1 rings (SSSR count). The Hall–Kier alpha value is -2.12. The molecule has 0 aliphatic heterocycles. The van der Waals surface area contributed by atoms with Crippen molar-refractivity contribution in [1.29, 1.82) is 0 Å². The van der Waals surface area contributed by atoms with Gasteiger partial charge in [-0.05, 0) is 34.1 Å². The molecule has 1 aromatic rings. The van der Waals surface area contributed by atoms with Gasteiger partial charge in [-0.3, -0.25) is 15.4 Å². The molecule has 0 spiro atoms. The Balaban J connectivity index is 3.05.